The Morgan fingerprint density at radius 1 is 1.03 bits per heavy atom. The second-order valence-electron chi connectivity index (χ2n) is 8.96. The van der Waals surface area contributed by atoms with Gasteiger partial charge in [0.2, 0.25) is 5.95 Å². The van der Waals surface area contributed by atoms with E-state index in [9.17, 15) is 0 Å². The highest BCUT2D eigenvalue weighted by Gasteiger charge is 2.17. The van der Waals surface area contributed by atoms with Crippen molar-refractivity contribution in [3.05, 3.63) is 71.4 Å². The molecule has 2 aromatic carbocycles. The summed E-state index contributed by atoms with van der Waals surface area (Å²) in [7, 11) is 2.04. The van der Waals surface area contributed by atoms with Crippen molar-refractivity contribution in [3.8, 4) is 6.01 Å². The number of piperidine rings is 1. The van der Waals surface area contributed by atoms with E-state index in [0.29, 0.717) is 24.5 Å². The molecule has 1 fully saturated rings. The Bertz CT molecular complexity index is 1310. The Kier molecular flexibility index (Phi) is 6.88. The van der Waals surface area contributed by atoms with Crippen LogP contribution in [0.2, 0.25) is 0 Å². The van der Waals surface area contributed by atoms with Crippen molar-refractivity contribution >= 4 is 29.0 Å². The molecule has 180 valence electrons. The van der Waals surface area contributed by atoms with Gasteiger partial charge >= 0.3 is 6.01 Å². The predicted octanol–water partition coefficient (Wildman–Crippen LogP) is 4.73. The average molecular weight is 470 g/mol. The molecular formula is C27H31N7O. The molecule has 0 saturated carbocycles. The molecule has 1 N–H and O–H groups in total. The van der Waals surface area contributed by atoms with Crippen LogP contribution in [0.25, 0.3) is 10.9 Å². The number of rotatable bonds is 8. The monoisotopic (exact) mass is 469 g/mol. The zero-order chi connectivity index (χ0) is 24.0. The van der Waals surface area contributed by atoms with Crippen LogP contribution >= 0.6 is 0 Å². The number of nitrogens with one attached hydrogen (secondary N) is 1. The Morgan fingerprint density at radius 2 is 1.86 bits per heavy atom. The van der Waals surface area contributed by atoms with E-state index in [0.717, 1.165) is 43.3 Å². The van der Waals surface area contributed by atoms with E-state index in [1.165, 1.54) is 23.1 Å². The molecule has 1 saturated heterocycles. The molecule has 0 spiro atoms. The lowest BCUT2D eigenvalue weighted by Gasteiger charge is -2.26. The summed E-state index contributed by atoms with van der Waals surface area (Å²) < 4.78 is 8.05. The van der Waals surface area contributed by atoms with Crippen molar-refractivity contribution in [1.82, 2.24) is 19.5 Å². The van der Waals surface area contributed by atoms with Crippen LogP contribution in [0.4, 0.5) is 11.9 Å². The molecule has 1 aliphatic heterocycles. The number of benzene rings is 2. The summed E-state index contributed by atoms with van der Waals surface area (Å²) in [5.41, 5.74) is 7.65. The van der Waals surface area contributed by atoms with Gasteiger partial charge in [0.15, 0.2) is 0 Å². The molecule has 8 heteroatoms. The number of aryl methyl sites for hydroxylation is 2. The molecule has 0 unspecified atom stereocenters. The first-order valence-electron chi connectivity index (χ1n) is 12.2. The van der Waals surface area contributed by atoms with E-state index in [1.807, 2.05) is 25.2 Å². The van der Waals surface area contributed by atoms with Crippen LogP contribution in [0.1, 0.15) is 36.0 Å². The van der Waals surface area contributed by atoms with Crippen molar-refractivity contribution in [2.45, 2.75) is 32.6 Å². The maximum Gasteiger partial charge on any atom is 0.323 e. The van der Waals surface area contributed by atoms with E-state index in [-0.39, 0.29) is 0 Å². The quantitative estimate of drug-likeness (QED) is 0.297. The predicted molar refractivity (Wildman–Crippen MR) is 140 cm³/mol. The summed E-state index contributed by atoms with van der Waals surface area (Å²) in [6, 6.07) is 17.0. The fraction of sp³-hybridized carbons (Fsp3) is 0.333. The number of ether oxygens (including phenoxy) is 1. The highest BCUT2D eigenvalue weighted by atomic mass is 16.5. The van der Waals surface area contributed by atoms with Crippen LogP contribution in [0.15, 0.2) is 59.8 Å². The molecule has 0 atom stereocenters. The smallest absolute Gasteiger partial charge is 0.323 e. The maximum atomic E-state index is 5.93. The van der Waals surface area contributed by atoms with Crippen LogP contribution in [-0.4, -0.2) is 45.4 Å². The Labute approximate surface area is 205 Å². The van der Waals surface area contributed by atoms with Gasteiger partial charge in [0.05, 0.1) is 12.8 Å². The number of fused-ring (bicyclic) bond motifs is 1. The molecule has 4 aromatic rings. The first kappa shape index (κ1) is 22.8. The Hall–Kier alpha value is -3.94. The SMILES string of the molecule is Cc1ccc2c(/C=N/Nc3nc(OCCc4ccccc4)nc(N4CCCCC4)n3)cn(C)c2c1. The van der Waals surface area contributed by atoms with Gasteiger partial charge in [-0.15, -0.1) is 0 Å². The van der Waals surface area contributed by atoms with Crippen molar-refractivity contribution in [2.24, 2.45) is 12.1 Å². The number of hydrazone groups is 1. The third-order valence-electron chi connectivity index (χ3n) is 6.25. The summed E-state index contributed by atoms with van der Waals surface area (Å²) in [6.45, 7) is 4.46. The topological polar surface area (TPSA) is 80.5 Å². The van der Waals surface area contributed by atoms with Gasteiger partial charge in [-0.25, -0.2) is 5.43 Å². The second kappa shape index (κ2) is 10.5. The van der Waals surface area contributed by atoms with Crippen LogP contribution in [0.5, 0.6) is 6.01 Å². The number of anilines is 2. The minimum Gasteiger partial charge on any atom is -0.463 e. The molecule has 3 heterocycles. The van der Waals surface area contributed by atoms with Gasteiger partial charge in [-0.05, 0) is 43.4 Å². The lowest BCUT2D eigenvalue weighted by Crippen LogP contribution is -2.31. The van der Waals surface area contributed by atoms with Gasteiger partial charge < -0.3 is 14.2 Å². The Morgan fingerprint density at radius 3 is 2.69 bits per heavy atom. The van der Waals surface area contributed by atoms with Gasteiger partial charge in [-0.1, -0.05) is 42.5 Å². The molecule has 8 nitrogen and oxygen atoms in total. The molecule has 2 aromatic heterocycles. The second-order valence-corrected chi connectivity index (χ2v) is 8.96. The molecule has 0 aliphatic carbocycles. The summed E-state index contributed by atoms with van der Waals surface area (Å²) in [4.78, 5) is 15.9. The summed E-state index contributed by atoms with van der Waals surface area (Å²) in [6.07, 6.45) is 8.17. The fourth-order valence-electron chi connectivity index (χ4n) is 4.39. The van der Waals surface area contributed by atoms with Crippen LogP contribution < -0.4 is 15.1 Å². The summed E-state index contributed by atoms with van der Waals surface area (Å²) in [5.74, 6) is 1.01. The maximum absolute atomic E-state index is 5.93. The Balaban J connectivity index is 1.33. The molecule has 35 heavy (non-hydrogen) atoms. The van der Waals surface area contributed by atoms with Gasteiger partial charge in [0, 0.05) is 49.2 Å². The molecular weight excluding hydrogens is 438 g/mol. The summed E-state index contributed by atoms with van der Waals surface area (Å²) in [5, 5.41) is 5.59. The first-order chi connectivity index (χ1) is 17.2. The highest BCUT2D eigenvalue weighted by Crippen LogP contribution is 2.22. The number of hydrogen-bond acceptors (Lipinski definition) is 7. The van der Waals surface area contributed by atoms with Gasteiger partial charge in [-0.3, -0.25) is 0 Å². The summed E-state index contributed by atoms with van der Waals surface area (Å²) >= 11 is 0. The van der Waals surface area contributed by atoms with Crippen molar-refractivity contribution in [2.75, 3.05) is 30.0 Å². The van der Waals surface area contributed by atoms with E-state index in [2.05, 4.69) is 78.4 Å². The van der Waals surface area contributed by atoms with E-state index in [1.54, 1.807) is 6.21 Å². The molecule has 5 rings (SSSR count). The van der Waals surface area contributed by atoms with E-state index < -0.39 is 0 Å². The number of aromatic nitrogens is 4. The molecule has 0 bridgehead atoms. The zero-order valence-corrected chi connectivity index (χ0v) is 20.3. The molecule has 1 aliphatic rings. The minimum atomic E-state index is 0.315. The van der Waals surface area contributed by atoms with Gasteiger partial charge in [-0.2, -0.15) is 20.1 Å². The van der Waals surface area contributed by atoms with Crippen LogP contribution in [0.3, 0.4) is 0 Å². The molecule has 0 amide bonds. The minimum absolute atomic E-state index is 0.315. The zero-order valence-electron chi connectivity index (χ0n) is 20.3. The molecule has 0 radical (unpaired) electrons. The third-order valence-corrected chi connectivity index (χ3v) is 6.25. The first-order valence-corrected chi connectivity index (χ1v) is 12.2. The lowest BCUT2D eigenvalue weighted by atomic mass is 10.1. The van der Waals surface area contributed by atoms with Crippen molar-refractivity contribution in [3.63, 3.8) is 0 Å². The van der Waals surface area contributed by atoms with Crippen LogP contribution in [-0.2, 0) is 13.5 Å². The average Bonchev–Trinajstić information content (AvgIpc) is 3.19. The lowest BCUT2D eigenvalue weighted by molar-refractivity contribution is 0.295. The van der Waals surface area contributed by atoms with Crippen molar-refractivity contribution < 1.29 is 4.74 Å². The standard InChI is InChI=1S/C27H31N7O/c1-20-11-12-23-22(19-33(2)24(23)17-20)18-28-32-25-29-26(34-14-7-4-8-15-34)31-27(30-25)35-16-13-21-9-5-3-6-10-21/h3,5-6,9-12,17-19H,4,7-8,13-16H2,1-2H3,(H,29,30,31,32)/b28-18+. The van der Waals surface area contributed by atoms with Gasteiger partial charge in [0.1, 0.15) is 0 Å². The number of hydrogen-bond donors (Lipinski definition) is 1. The fourth-order valence-corrected chi connectivity index (χ4v) is 4.39. The van der Waals surface area contributed by atoms with Crippen molar-refractivity contribution in [1.29, 1.82) is 0 Å². The normalized spacial score (nSPS) is 14.1. The van der Waals surface area contributed by atoms with Crippen LogP contribution in [0, 0.1) is 6.92 Å². The van der Waals surface area contributed by atoms with E-state index in [4.69, 9.17) is 4.74 Å². The number of nitrogens with zero attached hydrogens (tertiary/aromatic N) is 6. The largest absolute Gasteiger partial charge is 0.463 e. The van der Waals surface area contributed by atoms with E-state index >= 15 is 0 Å². The third kappa shape index (κ3) is 5.59. The highest BCUT2D eigenvalue weighted by molar-refractivity contribution is 5.99. The van der Waals surface area contributed by atoms with Gasteiger partial charge in [0.25, 0.3) is 5.95 Å².